The summed E-state index contributed by atoms with van der Waals surface area (Å²) in [6.07, 6.45) is 0. The summed E-state index contributed by atoms with van der Waals surface area (Å²) >= 11 is 0. The average Bonchev–Trinajstić information content (AvgIpc) is 2.40. The number of rotatable bonds is 1. The van der Waals surface area contributed by atoms with Crippen molar-refractivity contribution in [2.75, 3.05) is 4.67 Å². The van der Waals surface area contributed by atoms with Gasteiger partial charge in [-0.2, -0.15) is 0 Å². The molecule has 0 saturated heterocycles. The molecule has 4 nitrogen and oxygen atoms in total. The van der Waals surface area contributed by atoms with Gasteiger partial charge in [-0.3, -0.25) is 9.36 Å². The minimum atomic E-state index is -2.61. The van der Waals surface area contributed by atoms with Crippen LogP contribution in [-0.2, 0) is 4.57 Å². The molecule has 0 aromatic heterocycles. The molecule has 0 saturated carbocycles. The molecule has 0 fully saturated rings. The van der Waals surface area contributed by atoms with Crippen LogP contribution in [0.4, 0.5) is 5.69 Å². The third-order valence-corrected chi connectivity index (χ3v) is 3.94. The Kier molecular flexibility index (Phi) is 2.65. The molecule has 1 amide bonds. The maximum atomic E-state index is 12.3. The highest BCUT2D eigenvalue weighted by Crippen LogP contribution is 2.43. The molecular formula is C13H10NO3P. The number of fused-ring (bicyclic) bond motifs is 1. The van der Waals surface area contributed by atoms with Crippen molar-refractivity contribution < 1.29 is 13.9 Å². The Hall–Kier alpha value is -2.06. The summed E-state index contributed by atoms with van der Waals surface area (Å²) in [6, 6.07) is 15.7. The van der Waals surface area contributed by atoms with Crippen molar-refractivity contribution in [1.82, 2.24) is 0 Å². The second kappa shape index (κ2) is 4.31. The van der Waals surface area contributed by atoms with E-state index in [0.717, 1.165) is 0 Å². The number of hydrogen-bond acceptors (Lipinski definition) is 3. The molecule has 1 heterocycles. The number of benzene rings is 2. The molecule has 0 spiro atoms. The van der Waals surface area contributed by atoms with Crippen LogP contribution in [0.2, 0.25) is 0 Å². The van der Waals surface area contributed by atoms with Gasteiger partial charge in [0.15, 0.2) is 0 Å². The third-order valence-electron chi connectivity index (χ3n) is 2.71. The molecule has 3 rings (SSSR count). The van der Waals surface area contributed by atoms with Crippen LogP contribution in [0.5, 0.6) is 5.75 Å². The van der Waals surface area contributed by atoms with Crippen LogP contribution >= 0.6 is 8.18 Å². The monoisotopic (exact) mass is 259 g/mol. The molecule has 1 atom stereocenters. The molecule has 0 bridgehead atoms. The Bertz CT molecular complexity index is 627. The van der Waals surface area contributed by atoms with E-state index in [1.54, 1.807) is 48.5 Å². The average molecular weight is 259 g/mol. The summed E-state index contributed by atoms with van der Waals surface area (Å²) in [5.41, 5.74) is 1.02. The summed E-state index contributed by atoms with van der Waals surface area (Å²) in [7, 11) is -2.61. The van der Waals surface area contributed by atoms with E-state index in [-0.39, 0.29) is 5.91 Å². The lowest BCUT2D eigenvalue weighted by atomic mass is 10.2. The highest BCUT2D eigenvalue weighted by atomic mass is 31.1. The second-order valence-electron chi connectivity index (χ2n) is 3.84. The van der Waals surface area contributed by atoms with Crippen LogP contribution < -0.4 is 9.19 Å². The first-order valence-corrected chi connectivity index (χ1v) is 6.74. The maximum Gasteiger partial charge on any atom is 0.339 e. The van der Waals surface area contributed by atoms with Crippen molar-refractivity contribution >= 4 is 19.8 Å². The van der Waals surface area contributed by atoms with Crippen molar-refractivity contribution in [1.29, 1.82) is 0 Å². The van der Waals surface area contributed by atoms with Gasteiger partial charge < -0.3 is 4.52 Å². The van der Waals surface area contributed by atoms with Gasteiger partial charge in [0.1, 0.15) is 5.75 Å². The van der Waals surface area contributed by atoms with E-state index in [2.05, 4.69) is 0 Å². The molecule has 1 aliphatic rings. The van der Waals surface area contributed by atoms with E-state index in [0.29, 0.717) is 17.0 Å². The zero-order valence-corrected chi connectivity index (χ0v) is 10.4. The van der Waals surface area contributed by atoms with E-state index in [9.17, 15) is 9.36 Å². The highest BCUT2D eigenvalue weighted by molar-refractivity contribution is 7.43. The molecule has 5 heteroatoms. The van der Waals surface area contributed by atoms with Gasteiger partial charge in [0.2, 0.25) is 0 Å². The molecule has 90 valence electrons. The second-order valence-corrected chi connectivity index (χ2v) is 5.02. The zero-order chi connectivity index (χ0) is 12.5. The van der Waals surface area contributed by atoms with E-state index >= 15 is 0 Å². The van der Waals surface area contributed by atoms with E-state index in [1.165, 1.54) is 4.67 Å². The lowest BCUT2D eigenvalue weighted by molar-refractivity contribution is 0.0997. The van der Waals surface area contributed by atoms with Gasteiger partial charge in [0.25, 0.3) is 5.91 Å². The SMILES string of the molecule is O=C1c2ccccc2O[PH](=O)N1c1ccccc1. The van der Waals surface area contributed by atoms with Crippen molar-refractivity contribution in [3.8, 4) is 5.75 Å². The zero-order valence-electron chi connectivity index (χ0n) is 9.37. The summed E-state index contributed by atoms with van der Waals surface area (Å²) in [5, 5.41) is 0. The third kappa shape index (κ3) is 1.71. The molecule has 1 aliphatic heterocycles. The first-order valence-electron chi connectivity index (χ1n) is 5.48. The molecule has 0 aliphatic carbocycles. The molecule has 1 unspecified atom stereocenters. The highest BCUT2D eigenvalue weighted by Gasteiger charge is 2.31. The number of hydrogen-bond donors (Lipinski definition) is 0. The molecule has 18 heavy (non-hydrogen) atoms. The Balaban J connectivity index is 2.09. The van der Waals surface area contributed by atoms with Crippen LogP contribution in [0.25, 0.3) is 0 Å². The van der Waals surface area contributed by atoms with Crippen LogP contribution in [0.15, 0.2) is 54.6 Å². The number of carbonyl (C=O) groups excluding carboxylic acids is 1. The van der Waals surface area contributed by atoms with Gasteiger partial charge in [-0.05, 0) is 24.3 Å². The summed E-state index contributed by atoms with van der Waals surface area (Å²) < 4.78 is 18.6. The first-order chi connectivity index (χ1) is 8.77. The number of amides is 1. The predicted molar refractivity (Wildman–Crippen MR) is 69.3 cm³/mol. The lowest BCUT2D eigenvalue weighted by Crippen LogP contribution is -2.28. The Morgan fingerprint density at radius 1 is 0.944 bits per heavy atom. The smallest absolute Gasteiger partial charge is 0.339 e. The van der Waals surface area contributed by atoms with Gasteiger partial charge in [-0.25, -0.2) is 4.67 Å². The summed E-state index contributed by atoms with van der Waals surface area (Å²) in [4.78, 5) is 12.3. The lowest BCUT2D eigenvalue weighted by Gasteiger charge is -2.27. The quantitative estimate of drug-likeness (QED) is 0.739. The topological polar surface area (TPSA) is 46.6 Å². The van der Waals surface area contributed by atoms with Gasteiger partial charge >= 0.3 is 8.18 Å². The standard InChI is InChI=1S/C13H10NO3P/c15-13-11-8-4-5-9-12(11)17-18(16)14(13)10-6-2-1-3-7-10/h1-9,18H. The minimum absolute atomic E-state index is 0.285. The Morgan fingerprint density at radius 3 is 2.39 bits per heavy atom. The maximum absolute atomic E-state index is 12.3. The van der Waals surface area contributed by atoms with E-state index < -0.39 is 8.18 Å². The van der Waals surface area contributed by atoms with E-state index in [4.69, 9.17) is 4.52 Å². The fourth-order valence-corrected chi connectivity index (χ4v) is 2.98. The van der Waals surface area contributed by atoms with Gasteiger partial charge in [-0.15, -0.1) is 0 Å². The normalized spacial score (nSPS) is 18.1. The fourth-order valence-electron chi connectivity index (χ4n) is 1.88. The summed E-state index contributed by atoms with van der Waals surface area (Å²) in [6.45, 7) is 0. The largest absolute Gasteiger partial charge is 0.430 e. The molecule has 0 radical (unpaired) electrons. The van der Waals surface area contributed by atoms with E-state index in [1.807, 2.05) is 6.07 Å². The van der Waals surface area contributed by atoms with Gasteiger partial charge in [0.05, 0.1) is 11.3 Å². The van der Waals surface area contributed by atoms with Crippen LogP contribution in [0.1, 0.15) is 10.4 Å². The van der Waals surface area contributed by atoms with Crippen molar-refractivity contribution in [3.05, 3.63) is 60.2 Å². The van der Waals surface area contributed by atoms with Crippen molar-refractivity contribution in [2.45, 2.75) is 0 Å². The number of nitrogens with zero attached hydrogens (tertiary/aromatic N) is 1. The van der Waals surface area contributed by atoms with Gasteiger partial charge in [-0.1, -0.05) is 30.3 Å². The van der Waals surface area contributed by atoms with Crippen LogP contribution in [-0.4, -0.2) is 5.91 Å². The number of anilines is 1. The number of carbonyl (C=O) groups is 1. The molecule has 2 aromatic carbocycles. The predicted octanol–water partition coefficient (Wildman–Crippen LogP) is 3.12. The Morgan fingerprint density at radius 2 is 1.61 bits per heavy atom. The fraction of sp³-hybridized carbons (Fsp3) is 0. The van der Waals surface area contributed by atoms with Crippen molar-refractivity contribution in [2.24, 2.45) is 0 Å². The van der Waals surface area contributed by atoms with Gasteiger partial charge in [0, 0.05) is 0 Å². The Labute approximate surface area is 105 Å². The first kappa shape index (κ1) is 11.1. The minimum Gasteiger partial charge on any atom is -0.430 e. The molecular weight excluding hydrogens is 249 g/mol. The number of para-hydroxylation sites is 2. The van der Waals surface area contributed by atoms with Crippen molar-refractivity contribution in [3.63, 3.8) is 0 Å². The van der Waals surface area contributed by atoms with Crippen LogP contribution in [0, 0.1) is 0 Å². The molecule has 2 aromatic rings. The molecule has 0 N–H and O–H groups in total. The van der Waals surface area contributed by atoms with Crippen LogP contribution in [0.3, 0.4) is 0 Å². The summed E-state index contributed by atoms with van der Waals surface area (Å²) in [5.74, 6) is 0.102.